The Labute approximate surface area is 179 Å². The SMILES string of the molecule is Cc1cc(C#CCNC(=O)OCC2c3ccccc3-c3ccccc32)ccc1Br. The third-order valence-corrected chi connectivity index (χ3v) is 5.95. The second-order valence-electron chi connectivity index (χ2n) is 6.94. The van der Waals surface area contributed by atoms with Crippen molar-refractivity contribution < 1.29 is 9.53 Å². The highest BCUT2D eigenvalue weighted by atomic mass is 79.9. The van der Waals surface area contributed by atoms with Crippen LogP contribution in [0, 0.1) is 18.8 Å². The molecule has 1 N–H and O–H groups in total. The van der Waals surface area contributed by atoms with Gasteiger partial charge >= 0.3 is 6.09 Å². The van der Waals surface area contributed by atoms with Gasteiger partial charge in [0.2, 0.25) is 0 Å². The van der Waals surface area contributed by atoms with Crippen LogP contribution in [0.1, 0.15) is 28.2 Å². The van der Waals surface area contributed by atoms with Gasteiger partial charge in [-0.05, 0) is 52.9 Å². The summed E-state index contributed by atoms with van der Waals surface area (Å²) in [7, 11) is 0. The van der Waals surface area contributed by atoms with Crippen LogP contribution in [0.25, 0.3) is 11.1 Å². The molecule has 0 fully saturated rings. The average Bonchev–Trinajstić information content (AvgIpc) is 3.06. The van der Waals surface area contributed by atoms with E-state index in [2.05, 4.69) is 57.4 Å². The van der Waals surface area contributed by atoms with Crippen LogP contribution in [0.5, 0.6) is 0 Å². The van der Waals surface area contributed by atoms with Crippen molar-refractivity contribution in [3.8, 4) is 23.0 Å². The van der Waals surface area contributed by atoms with E-state index in [-0.39, 0.29) is 12.5 Å². The van der Waals surface area contributed by atoms with E-state index >= 15 is 0 Å². The zero-order chi connectivity index (χ0) is 20.2. The molecule has 3 nitrogen and oxygen atoms in total. The Bertz CT molecular complexity index is 1080. The Morgan fingerprint density at radius 1 is 1.03 bits per heavy atom. The molecule has 29 heavy (non-hydrogen) atoms. The van der Waals surface area contributed by atoms with Crippen LogP contribution < -0.4 is 5.32 Å². The molecule has 3 aromatic rings. The largest absolute Gasteiger partial charge is 0.449 e. The molecule has 4 rings (SSSR count). The summed E-state index contributed by atoms with van der Waals surface area (Å²) in [6.45, 7) is 2.56. The smallest absolute Gasteiger partial charge is 0.407 e. The van der Waals surface area contributed by atoms with Gasteiger partial charge in [0.1, 0.15) is 6.61 Å². The summed E-state index contributed by atoms with van der Waals surface area (Å²) in [4.78, 5) is 12.1. The number of benzene rings is 3. The quantitative estimate of drug-likeness (QED) is 0.529. The standard InChI is InChI=1S/C25H20BrNO2/c1-17-15-18(12-13-24(17)26)7-6-14-27-25(28)29-16-23-21-10-4-2-8-19(21)20-9-3-5-11-22(20)23/h2-5,8-13,15,23H,14,16H2,1H3,(H,27,28). The maximum atomic E-state index is 12.1. The van der Waals surface area contributed by atoms with Gasteiger partial charge in [-0.1, -0.05) is 76.3 Å². The van der Waals surface area contributed by atoms with Crippen LogP contribution in [-0.2, 0) is 4.74 Å². The van der Waals surface area contributed by atoms with E-state index < -0.39 is 6.09 Å². The van der Waals surface area contributed by atoms with Gasteiger partial charge in [0.25, 0.3) is 0 Å². The minimum absolute atomic E-state index is 0.0602. The van der Waals surface area contributed by atoms with Crippen LogP contribution >= 0.6 is 15.9 Å². The molecular weight excluding hydrogens is 426 g/mol. The summed E-state index contributed by atoms with van der Waals surface area (Å²) in [5, 5.41) is 2.71. The van der Waals surface area contributed by atoms with Gasteiger partial charge in [-0.2, -0.15) is 0 Å². The lowest BCUT2D eigenvalue weighted by Gasteiger charge is -2.14. The Morgan fingerprint density at radius 2 is 1.69 bits per heavy atom. The zero-order valence-electron chi connectivity index (χ0n) is 16.0. The molecule has 0 saturated carbocycles. The summed E-state index contributed by atoms with van der Waals surface area (Å²) in [6.07, 6.45) is -0.451. The van der Waals surface area contributed by atoms with E-state index in [1.165, 1.54) is 22.3 Å². The number of ether oxygens (including phenoxy) is 1. The predicted molar refractivity (Wildman–Crippen MR) is 119 cm³/mol. The summed E-state index contributed by atoms with van der Waals surface area (Å²) < 4.78 is 6.56. The fraction of sp³-hybridized carbons (Fsp3) is 0.160. The summed E-state index contributed by atoms with van der Waals surface area (Å²) >= 11 is 3.47. The molecule has 144 valence electrons. The first-order valence-electron chi connectivity index (χ1n) is 9.47. The number of hydrogen-bond acceptors (Lipinski definition) is 2. The lowest BCUT2D eigenvalue weighted by molar-refractivity contribution is 0.144. The summed E-state index contributed by atoms with van der Waals surface area (Å²) in [5.41, 5.74) is 6.88. The number of fused-ring (bicyclic) bond motifs is 3. The highest BCUT2D eigenvalue weighted by Gasteiger charge is 2.28. The maximum absolute atomic E-state index is 12.1. The Balaban J connectivity index is 1.35. The third kappa shape index (κ3) is 4.21. The monoisotopic (exact) mass is 445 g/mol. The molecule has 0 aromatic heterocycles. The van der Waals surface area contributed by atoms with Crippen molar-refractivity contribution in [3.05, 3.63) is 93.5 Å². The van der Waals surface area contributed by atoms with Crippen molar-refractivity contribution in [2.45, 2.75) is 12.8 Å². The minimum atomic E-state index is -0.451. The molecule has 1 aliphatic rings. The van der Waals surface area contributed by atoms with Crippen molar-refractivity contribution in [1.29, 1.82) is 0 Å². The first-order valence-corrected chi connectivity index (χ1v) is 10.3. The molecule has 0 aliphatic heterocycles. The summed E-state index contributed by atoms with van der Waals surface area (Å²) in [6, 6.07) is 22.5. The number of carbonyl (C=O) groups excluding carboxylic acids is 1. The van der Waals surface area contributed by atoms with Crippen molar-refractivity contribution in [2.75, 3.05) is 13.2 Å². The second kappa shape index (κ2) is 8.55. The van der Waals surface area contributed by atoms with Crippen LogP contribution in [0.2, 0.25) is 0 Å². The molecule has 3 aromatic carbocycles. The third-order valence-electron chi connectivity index (χ3n) is 5.06. The van der Waals surface area contributed by atoms with Gasteiger partial charge in [-0.3, -0.25) is 0 Å². The topological polar surface area (TPSA) is 38.3 Å². The number of halogens is 1. The second-order valence-corrected chi connectivity index (χ2v) is 7.80. The van der Waals surface area contributed by atoms with Gasteiger partial charge in [-0.15, -0.1) is 0 Å². The van der Waals surface area contributed by atoms with Crippen LogP contribution in [0.3, 0.4) is 0 Å². The molecule has 1 aliphatic carbocycles. The molecule has 0 saturated heterocycles. The number of nitrogens with one attached hydrogen (secondary N) is 1. The molecular formula is C25H20BrNO2. The molecule has 0 atom stereocenters. The molecule has 1 amide bonds. The molecule has 4 heteroatoms. The van der Waals surface area contributed by atoms with Crippen molar-refractivity contribution >= 4 is 22.0 Å². The molecule has 0 heterocycles. The molecule has 0 unspecified atom stereocenters. The Kier molecular flexibility index (Phi) is 5.69. The van der Waals surface area contributed by atoms with Gasteiger partial charge < -0.3 is 10.1 Å². The number of carbonyl (C=O) groups is 1. The van der Waals surface area contributed by atoms with Crippen molar-refractivity contribution in [1.82, 2.24) is 5.32 Å². The lowest BCUT2D eigenvalue weighted by atomic mass is 9.98. The Morgan fingerprint density at radius 3 is 2.34 bits per heavy atom. The van der Waals surface area contributed by atoms with Crippen LogP contribution in [0.15, 0.2) is 71.2 Å². The van der Waals surface area contributed by atoms with Gasteiger partial charge in [0.15, 0.2) is 0 Å². The molecule has 0 radical (unpaired) electrons. The molecule has 0 spiro atoms. The van der Waals surface area contributed by atoms with Gasteiger partial charge in [0, 0.05) is 16.0 Å². The predicted octanol–water partition coefficient (Wildman–Crippen LogP) is 5.65. The van der Waals surface area contributed by atoms with Crippen LogP contribution in [-0.4, -0.2) is 19.2 Å². The number of rotatable bonds is 3. The van der Waals surface area contributed by atoms with Crippen molar-refractivity contribution in [2.24, 2.45) is 0 Å². The fourth-order valence-corrected chi connectivity index (χ4v) is 3.88. The normalized spacial score (nSPS) is 11.8. The Hall–Kier alpha value is -3.03. The van der Waals surface area contributed by atoms with E-state index in [1.807, 2.05) is 49.4 Å². The molecule has 0 bridgehead atoms. The zero-order valence-corrected chi connectivity index (χ0v) is 17.6. The highest BCUT2D eigenvalue weighted by molar-refractivity contribution is 9.10. The summed E-state index contributed by atoms with van der Waals surface area (Å²) in [5.74, 6) is 6.07. The number of amides is 1. The first kappa shape index (κ1) is 19.3. The lowest BCUT2D eigenvalue weighted by Crippen LogP contribution is -2.26. The van der Waals surface area contributed by atoms with Gasteiger partial charge in [0.05, 0.1) is 6.54 Å². The van der Waals surface area contributed by atoms with E-state index in [9.17, 15) is 4.79 Å². The highest BCUT2D eigenvalue weighted by Crippen LogP contribution is 2.44. The fourth-order valence-electron chi connectivity index (χ4n) is 3.63. The first-order chi connectivity index (χ1) is 14.1. The maximum Gasteiger partial charge on any atom is 0.407 e. The minimum Gasteiger partial charge on any atom is -0.449 e. The van der Waals surface area contributed by atoms with E-state index in [4.69, 9.17) is 4.74 Å². The number of alkyl carbamates (subject to hydrolysis) is 1. The van der Waals surface area contributed by atoms with Crippen molar-refractivity contribution in [3.63, 3.8) is 0 Å². The van der Waals surface area contributed by atoms with E-state index in [0.29, 0.717) is 6.61 Å². The van der Waals surface area contributed by atoms with E-state index in [0.717, 1.165) is 15.6 Å². The van der Waals surface area contributed by atoms with Crippen LogP contribution in [0.4, 0.5) is 4.79 Å². The average molecular weight is 446 g/mol. The van der Waals surface area contributed by atoms with Gasteiger partial charge in [-0.25, -0.2) is 4.79 Å². The number of aryl methyl sites for hydroxylation is 1. The van der Waals surface area contributed by atoms with E-state index in [1.54, 1.807) is 0 Å². The number of hydrogen-bond donors (Lipinski definition) is 1.